The second-order valence-electron chi connectivity index (χ2n) is 2.68. The summed E-state index contributed by atoms with van der Waals surface area (Å²) in [4.78, 5) is 0. The van der Waals surface area contributed by atoms with Gasteiger partial charge in [-0.25, -0.2) is 0 Å². The molecule has 0 aliphatic carbocycles. The first-order valence-electron chi connectivity index (χ1n) is 3.95. The van der Waals surface area contributed by atoms with Crippen LogP contribution in [0.15, 0.2) is 18.2 Å². The molecule has 15 heavy (non-hydrogen) atoms. The first kappa shape index (κ1) is 11.3. The highest BCUT2D eigenvalue weighted by Gasteiger charge is 2.31. The molecule has 0 saturated carbocycles. The van der Waals surface area contributed by atoms with E-state index in [1.165, 1.54) is 6.07 Å². The molecule has 1 aromatic rings. The van der Waals surface area contributed by atoms with Crippen molar-refractivity contribution in [3.8, 4) is 11.8 Å². The van der Waals surface area contributed by atoms with E-state index in [2.05, 4.69) is 4.74 Å². The van der Waals surface area contributed by atoms with Crippen LogP contribution in [0, 0.1) is 11.3 Å². The van der Waals surface area contributed by atoms with Crippen LogP contribution < -0.4 is 10.5 Å². The molecule has 0 spiro atoms. The molecule has 0 aliphatic rings. The Morgan fingerprint density at radius 3 is 2.53 bits per heavy atom. The van der Waals surface area contributed by atoms with Crippen LogP contribution in [0.25, 0.3) is 0 Å². The quantitative estimate of drug-likeness (QED) is 0.821. The Morgan fingerprint density at radius 1 is 1.40 bits per heavy atom. The minimum Gasteiger partial charge on any atom is -0.406 e. The van der Waals surface area contributed by atoms with Crippen molar-refractivity contribution < 1.29 is 17.9 Å². The van der Waals surface area contributed by atoms with Gasteiger partial charge in [-0.2, -0.15) is 5.26 Å². The second-order valence-corrected chi connectivity index (χ2v) is 2.68. The monoisotopic (exact) mass is 216 g/mol. The molecule has 0 saturated heterocycles. The molecule has 3 nitrogen and oxygen atoms in total. The maximum absolute atomic E-state index is 11.8. The molecule has 0 aromatic heterocycles. The third kappa shape index (κ3) is 3.14. The third-order valence-electron chi connectivity index (χ3n) is 1.66. The van der Waals surface area contributed by atoms with Crippen LogP contribution in [0.4, 0.5) is 13.2 Å². The Morgan fingerprint density at radius 2 is 2.07 bits per heavy atom. The Hall–Kier alpha value is -1.74. The first-order valence-corrected chi connectivity index (χ1v) is 3.95. The van der Waals surface area contributed by atoms with E-state index in [4.69, 9.17) is 11.0 Å². The van der Waals surface area contributed by atoms with Gasteiger partial charge in [0.1, 0.15) is 5.75 Å². The van der Waals surface area contributed by atoms with Crippen LogP contribution in [-0.2, 0) is 6.54 Å². The average Bonchev–Trinajstić information content (AvgIpc) is 2.15. The van der Waals surface area contributed by atoms with Gasteiger partial charge < -0.3 is 10.5 Å². The number of hydrogen-bond acceptors (Lipinski definition) is 3. The lowest BCUT2D eigenvalue weighted by Gasteiger charge is -2.09. The van der Waals surface area contributed by atoms with Crippen molar-refractivity contribution in [2.75, 3.05) is 0 Å². The summed E-state index contributed by atoms with van der Waals surface area (Å²) in [7, 11) is 0. The maximum atomic E-state index is 11.8. The molecule has 0 amide bonds. The van der Waals surface area contributed by atoms with Crippen molar-refractivity contribution in [3.63, 3.8) is 0 Å². The number of alkyl halides is 3. The van der Waals surface area contributed by atoms with Gasteiger partial charge in [-0.05, 0) is 17.7 Å². The highest BCUT2D eigenvalue weighted by atomic mass is 19.4. The number of benzene rings is 1. The van der Waals surface area contributed by atoms with Gasteiger partial charge in [-0.1, -0.05) is 6.07 Å². The van der Waals surface area contributed by atoms with Gasteiger partial charge in [0.05, 0.1) is 11.6 Å². The fourth-order valence-electron chi connectivity index (χ4n) is 1.03. The molecule has 80 valence electrons. The van der Waals surface area contributed by atoms with E-state index >= 15 is 0 Å². The third-order valence-corrected chi connectivity index (χ3v) is 1.66. The Balaban J connectivity index is 3.00. The topological polar surface area (TPSA) is 59.0 Å². The van der Waals surface area contributed by atoms with Crippen LogP contribution in [0.3, 0.4) is 0 Å². The van der Waals surface area contributed by atoms with E-state index in [1.807, 2.05) is 0 Å². The van der Waals surface area contributed by atoms with Crippen LogP contribution in [-0.4, -0.2) is 6.36 Å². The van der Waals surface area contributed by atoms with Gasteiger partial charge in [0.25, 0.3) is 0 Å². The van der Waals surface area contributed by atoms with Crippen LogP contribution in [0.1, 0.15) is 11.1 Å². The summed E-state index contributed by atoms with van der Waals surface area (Å²) in [5, 5.41) is 8.63. The molecule has 1 rings (SSSR count). The normalized spacial score (nSPS) is 10.9. The minimum atomic E-state index is -4.75. The molecule has 0 bridgehead atoms. The summed E-state index contributed by atoms with van der Waals surface area (Å²) in [6, 6.07) is 5.21. The zero-order chi connectivity index (χ0) is 11.5. The van der Waals surface area contributed by atoms with Crippen molar-refractivity contribution >= 4 is 0 Å². The zero-order valence-corrected chi connectivity index (χ0v) is 7.51. The van der Waals surface area contributed by atoms with Gasteiger partial charge in [0.15, 0.2) is 0 Å². The first-order chi connectivity index (χ1) is 6.96. The van der Waals surface area contributed by atoms with E-state index in [1.54, 1.807) is 6.07 Å². The van der Waals surface area contributed by atoms with Gasteiger partial charge in [-0.15, -0.1) is 13.2 Å². The Labute approximate surface area is 83.9 Å². The average molecular weight is 216 g/mol. The minimum absolute atomic E-state index is 0.0826. The fourth-order valence-corrected chi connectivity index (χ4v) is 1.03. The van der Waals surface area contributed by atoms with Crippen LogP contribution >= 0.6 is 0 Å². The van der Waals surface area contributed by atoms with Crippen molar-refractivity contribution in [3.05, 3.63) is 29.3 Å². The number of rotatable bonds is 2. The molecule has 0 atom stereocenters. The second kappa shape index (κ2) is 4.19. The highest BCUT2D eigenvalue weighted by molar-refractivity contribution is 5.43. The molecule has 1 aromatic carbocycles. The number of nitrogens with zero attached hydrogens (tertiary/aromatic N) is 1. The fraction of sp³-hybridized carbons (Fsp3) is 0.222. The van der Waals surface area contributed by atoms with E-state index < -0.39 is 12.1 Å². The number of nitriles is 1. The van der Waals surface area contributed by atoms with E-state index in [0.29, 0.717) is 5.56 Å². The summed E-state index contributed by atoms with van der Waals surface area (Å²) in [6.45, 7) is 0.0925. The maximum Gasteiger partial charge on any atom is 0.573 e. The number of nitrogens with two attached hydrogens (primary N) is 1. The van der Waals surface area contributed by atoms with Gasteiger partial charge in [0.2, 0.25) is 0 Å². The van der Waals surface area contributed by atoms with E-state index in [-0.39, 0.29) is 12.1 Å². The SMILES string of the molecule is N#Cc1cc(OC(F)(F)F)ccc1CN. The summed E-state index contributed by atoms with van der Waals surface area (Å²) in [5.74, 6) is -0.420. The Kier molecular flexibility index (Phi) is 3.17. The molecule has 0 aliphatic heterocycles. The summed E-state index contributed by atoms with van der Waals surface area (Å²) >= 11 is 0. The van der Waals surface area contributed by atoms with Gasteiger partial charge in [0, 0.05) is 6.54 Å². The predicted octanol–water partition coefficient (Wildman–Crippen LogP) is 1.92. The summed E-state index contributed by atoms with van der Waals surface area (Å²) in [6.07, 6.45) is -4.75. The van der Waals surface area contributed by atoms with E-state index in [0.717, 1.165) is 12.1 Å². The molecule has 2 N–H and O–H groups in total. The number of hydrogen-bond donors (Lipinski definition) is 1. The standard InChI is InChI=1S/C9H7F3N2O/c10-9(11,12)15-8-2-1-6(4-13)7(3-8)5-14/h1-3H,4,13H2. The number of ether oxygens (including phenoxy) is 1. The number of halogens is 3. The zero-order valence-electron chi connectivity index (χ0n) is 7.51. The highest BCUT2D eigenvalue weighted by Crippen LogP contribution is 2.24. The molecular formula is C9H7F3N2O. The lowest BCUT2D eigenvalue weighted by Crippen LogP contribution is -2.17. The lowest BCUT2D eigenvalue weighted by molar-refractivity contribution is -0.274. The van der Waals surface area contributed by atoms with Crippen LogP contribution in [0.2, 0.25) is 0 Å². The van der Waals surface area contributed by atoms with Gasteiger partial charge >= 0.3 is 6.36 Å². The molecule has 0 fully saturated rings. The molecular weight excluding hydrogens is 209 g/mol. The molecule has 0 radical (unpaired) electrons. The van der Waals surface area contributed by atoms with Crippen molar-refractivity contribution in [1.29, 1.82) is 5.26 Å². The summed E-state index contributed by atoms with van der Waals surface area (Å²) < 4.78 is 39.1. The van der Waals surface area contributed by atoms with Crippen molar-refractivity contribution in [2.24, 2.45) is 5.73 Å². The van der Waals surface area contributed by atoms with Crippen molar-refractivity contribution in [2.45, 2.75) is 12.9 Å². The summed E-state index contributed by atoms with van der Waals surface area (Å²) in [5.41, 5.74) is 5.85. The van der Waals surface area contributed by atoms with E-state index in [9.17, 15) is 13.2 Å². The Bertz CT molecular complexity index is 395. The molecule has 0 heterocycles. The smallest absolute Gasteiger partial charge is 0.406 e. The van der Waals surface area contributed by atoms with Crippen LogP contribution in [0.5, 0.6) is 5.75 Å². The lowest BCUT2D eigenvalue weighted by atomic mass is 10.1. The largest absolute Gasteiger partial charge is 0.573 e. The molecule has 6 heteroatoms. The predicted molar refractivity (Wildman–Crippen MR) is 45.7 cm³/mol. The van der Waals surface area contributed by atoms with Crippen molar-refractivity contribution in [1.82, 2.24) is 0 Å². The van der Waals surface area contributed by atoms with Gasteiger partial charge in [-0.3, -0.25) is 0 Å². The molecule has 0 unspecified atom stereocenters.